The van der Waals surface area contributed by atoms with Crippen LogP contribution in [0.5, 0.6) is 5.75 Å². The molecule has 2 fully saturated rings. The number of hydrogen-bond acceptors (Lipinski definition) is 6. The van der Waals surface area contributed by atoms with E-state index < -0.39 is 18.2 Å². The number of phenols is 1. The third-order valence-electron chi connectivity index (χ3n) is 7.15. The van der Waals surface area contributed by atoms with E-state index in [9.17, 15) is 24.8 Å². The number of fused-ring (bicyclic) bond motifs is 2. The van der Waals surface area contributed by atoms with Crippen molar-refractivity contribution >= 4 is 28.6 Å². The Balaban J connectivity index is 1.53. The molecule has 0 spiro atoms. The lowest BCUT2D eigenvalue weighted by molar-refractivity contribution is -0.157. The van der Waals surface area contributed by atoms with E-state index >= 15 is 0 Å². The van der Waals surface area contributed by atoms with E-state index in [0.29, 0.717) is 6.54 Å². The van der Waals surface area contributed by atoms with Crippen molar-refractivity contribution in [2.24, 2.45) is 0 Å². The van der Waals surface area contributed by atoms with E-state index in [1.165, 1.54) is 12.1 Å². The maximum Gasteiger partial charge on any atom is 0.332 e. The van der Waals surface area contributed by atoms with Gasteiger partial charge in [-0.25, -0.2) is 9.80 Å². The first-order chi connectivity index (χ1) is 18.4. The minimum atomic E-state index is -0.806. The number of piperazine rings is 1. The zero-order chi connectivity index (χ0) is 26.8. The SMILES string of the molecule is CNC(=O)N(CC#N)N1CC(=O)N2[C@@H](Cc3ccc(O)cc3)C(=O)N(Cc3cccc4ccccc34)C[C@@H]21. The van der Waals surface area contributed by atoms with Gasteiger partial charge >= 0.3 is 6.03 Å². The zero-order valence-corrected chi connectivity index (χ0v) is 20.9. The van der Waals surface area contributed by atoms with Crippen LogP contribution in [0.4, 0.5) is 4.79 Å². The van der Waals surface area contributed by atoms with Gasteiger partial charge in [-0.1, -0.05) is 54.6 Å². The highest BCUT2D eigenvalue weighted by molar-refractivity contribution is 5.92. The lowest BCUT2D eigenvalue weighted by Gasteiger charge is -2.46. The Bertz CT molecular complexity index is 1410. The Morgan fingerprint density at radius 3 is 2.58 bits per heavy atom. The Labute approximate surface area is 220 Å². The third kappa shape index (κ3) is 4.60. The largest absolute Gasteiger partial charge is 0.508 e. The molecule has 10 nitrogen and oxygen atoms in total. The molecule has 2 aliphatic rings. The lowest BCUT2D eigenvalue weighted by Crippen LogP contribution is -2.65. The fraction of sp³-hybridized carbons (Fsp3) is 0.286. The van der Waals surface area contributed by atoms with Gasteiger partial charge in [-0.05, 0) is 34.0 Å². The standard InChI is InChI=1S/C28H28N6O4/c1-30-28(38)32(14-13-29)33-18-26(36)34-24(15-19-9-11-22(35)12-10-19)27(37)31(17-25(33)34)16-21-7-4-6-20-5-2-3-8-23(20)21/h2-12,24-25,35H,14-18H2,1H3,(H,30,38)/t24-,25+/m0/s1. The number of hydrazine groups is 1. The minimum absolute atomic E-state index is 0.111. The summed E-state index contributed by atoms with van der Waals surface area (Å²) in [7, 11) is 1.47. The molecule has 5 rings (SSSR count). The summed E-state index contributed by atoms with van der Waals surface area (Å²) >= 11 is 0. The number of rotatable bonds is 6. The van der Waals surface area contributed by atoms with E-state index in [-0.39, 0.29) is 43.6 Å². The maximum atomic E-state index is 13.9. The number of amides is 4. The molecule has 194 valence electrons. The molecular weight excluding hydrogens is 484 g/mol. The Morgan fingerprint density at radius 2 is 1.84 bits per heavy atom. The highest BCUT2D eigenvalue weighted by Gasteiger charge is 2.52. The molecule has 10 heteroatoms. The molecule has 2 atom stereocenters. The summed E-state index contributed by atoms with van der Waals surface area (Å²) in [6, 6.07) is 21.2. The third-order valence-corrected chi connectivity index (χ3v) is 7.15. The molecule has 2 saturated heterocycles. The van der Waals surface area contributed by atoms with Crippen molar-refractivity contribution in [2.45, 2.75) is 25.2 Å². The van der Waals surface area contributed by atoms with Gasteiger partial charge in [0.1, 0.15) is 24.5 Å². The summed E-state index contributed by atoms with van der Waals surface area (Å²) < 4.78 is 0. The number of urea groups is 1. The van der Waals surface area contributed by atoms with Gasteiger partial charge in [-0.3, -0.25) is 9.59 Å². The minimum Gasteiger partial charge on any atom is -0.508 e. The van der Waals surface area contributed by atoms with Crippen molar-refractivity contribution in [3.63, 3.8) is 0 Å². The number of benzene rings is 3. The van der Waals surface area contributed by atoms with Crippen LogP contribution in [0, 0.1) is 11.3 Å². The lowest BCUT2D eigenvalue weighted by atomic mass is 9.99. The van der Waals surface area contributed by atoms with Crippen LogP contribution in [0.1, 0.15) is 11.1 Å². The quantitative estimate of drug-likeness (QED) is 0.488. The van der Waals surface area contributed by atoms with Gasteiger partial charge in [0.2, 0.25) is 11.8 Å². The number of aromatic hydroxyl groups is 1. The fourth-order valence-electron chi connectivity index (χ4n) is 5.36. The van der Waals surface area contributed by atoms with Crippen LogP contribution in [-0.4, -0.2) is 81.7 Å². The smallest absolute Gasteiger partial charge is 0.332 e. The fourth-order valence-corrected chi connectivity index (χ4v) is 5.36. The van der Waals surface area contributed by atoms with Gasteiger partial charge in [0.15, 0.2) is 0 Å². The summed E-state index contributed by atoms with van der Waals surface area (Å²) in [5.74, 6) is -0.367. The molecule has 0 bridgehead atoms. The highest BCUT2D eigenvalue weighted by Crippen LogP contribution is 2.31. The van der Waals surface area contributed by atoms with Crippen molar-refractivity contribution in [2.75, 3.05) is 26.7 Å². The highest BCUT2D eigenvalue weighted by atomic mass is 16.3. The van der Waals surface area contributed by atoms with E-state index in [2.05, 4.69) is 5.32 Å². The summed E-state index contributed by atoms with van der Waals surface area (Å²) in [5.41, 5.74) is 1.77. The van der Waals surface area contributed by atoms with E-state index in [1.54, 1.807) is 39.1 Å². The van der Waals surface area contributed by atoms with Crippen LogP contribution in [-0.2, 0) is 22.6 Å². The van der Waals surface area contributed by atoms with E-state index in [4.69, 9.17) is 0 Å². The van der Waals surface area contributed by atoms with Crippen LogP contribution in [0.15, 0.2) is 66.7 Å². The number of carbonyl (C=O) groups excluding carboxylic acids is 3. The number of phenolic OH excluding ortho intramolecular Hbond substituents is 1. The monoisotopic (exact) mass is 512 g/mol. The van der Waals surface area contributed by atoms with Crippen molar-refractivity contribution in [1.29, 1.82) is 5.26 Å². The van der Waals surface area contributed by atoms with Crippen LogP contribution >= 0.6 is 0 Å². The average Bonchev–Trinajstić information content (AvgIpc) is 3.25. The molecule has 2 N–H and O–H groups in total. The number of nitrogens with zero attached hydrogens (tertiary/aromatic N) is 5. The summed E-state index contributed by atoms with van der Waals surface area (Å²) in [6.45, 7) is 0.147. The predicted molar refractivity (Wildman–Crippen MR) is 139 cm³/mol. The predicted octanol–water partition coefficient (Wildman–Crippen LogP) is 2.05. The maximum absolute atomic E-state index is 13.9. The Kier molecular flexibility index (Phi) is 6.85. The van der Waals surface area contributed by atoms with Gasteiger partial charge in [0.05, 0.1) is 19.2 Å². The summed E-state index contributed by atoms with van der Waals surface area (Å²) in [5, 5.41) is 26.5. The van der Waals surface area contributed by atoms with Crippen LogP contribution in [0.3, 0.4) is 0 Å². The average molecular weight is 513 g/mol. The van der Waals surface area contributed by atoms with Crippen LogP contribution in [0.2, 0.25) is 0 Å². The molecule has 2 heterocycles. The molecule has 2 aliphatic heterocycles. The van der Waals surface area contributed by atoms with Gasteiger partial charge in [-0.2, -0.15) is 10.3 Å². The summed E-state index contributed by atoms with van der Waals surface area (Å²) in [6.07, 6.45) is -0.373. The molecule has 3 aromatic carbocycles. The summed E-state index contributed by atoms with van der Waals surface area (Å²) in [4.78, 5) is 43.2. The first kappa shape index (κ1) is 25.0. The van der Waals surface area contributed by atoms with E-state index in [1.807, 2.05) is 48.5 Å². The first-order valence-electron chi connectivity index (χ1n) is 12.4. The Hall–Kier alpha value is -4.62. The molecule has 38 heavy (non-hydrogen) atoms. The molecule has 0 saturated carbocycles. The topological polar surface area (TPSA) is 120 Å². The second-order valence-electron chi connectivity index (χ2n) is 9.39. The molecule has 4 amide bonds. The van der Waals surface area contributed by atoms with Gasteiger partial charge in [0, 0.05) is 20.0 Å². The second-order valence-corrected chi connectivity index (χ2v) is 9.39. The first-order valence-corrected chi connectivity index (χ1v) is 12.4. The van der Waals surface area contributed by atoms with Crippen LogP contribution in [0.25, 0.3) is 10.8 Å². The van der Waals surface area contributed by atoms with Crippen LogP contribution < -0.4 is 5.32 Å². The van der Waals surface area contributed by atoms with Gasteiger partial charge in [0.25, 0.3) is 0 Å². The number of carbonyl (C=O) groups is 3. The van der Waals surface area contributed by atoms with E-state index in [0.717, 1.165) is 21.9 Å². The molecular formula is C28H28N6O4. The van der Waals surface area contributed by atoms with Crippen molar-refractivity contribution in [3.8, 4) is 11.8 Å². The Morgan fingerprint density at radius 1 is 1.11 bits per heavy atom. The molecule has 0 unspecified atom stereocenters. The molecule has 3 aromatic rings. The molecule has 0 radical (unpaired) electrons. The van der Waals surface area contributed by atoms with Crippen molar-refractivity contribution < 1.29 is 19.5 Å². The van der Waals surface area contributed by atoms with Crippen molar-refractivity contribution in [3.05, 3.63) is 77.9 Å². The van der Waals surface area contributed by atoms with Gasteiger partial charge in [-0.15, -0.1) is 0 Å². The van der Waals surface area contributed by atoms with Gasteiger partial charge < -0.3 is 20.2 Å². The number of nitrogens with one attached hydrogen (secondary N) is 1. The zero-order valence-electron chi connectivity index (χ0n) is 20.9. The number of nitriles is 1. The second kappa shape index (κ2) is 10.4. The normalized spacial score (nSPS) is 19.4. The molecule has 0 aromatic heterocycles. The van der Waals surface area contributed by atoms with Crippen molar-refractivity contribution in [1.82, 2.24) is 25.1 Å². The number of hydrogen-bond donors (Lipinski definition) is 2. The molecule has 0 aliphatic carbocycles.